The summed E-state index contributed by atoms with van der Waals surface area (Å²) in [6.45, 7) is 11.1. The molecule has 0 bridgehead atoms. The number of allylic oxidation sites excluding steroid dienone is 1. The molecule has 1 aliphatic rings. The third kappa shape index (κ3) is 7.36. The van der Waals surface area contributed by atoms with Gasteiger partial charge in [0.15, 0.2) is 0 Å². The number of rotatable bonds is 12. The van der Waals surface area contributed by atoms with Gasteiger partial charge in [0.25, 0.3) is 0 Å². The molecule has 6 heteroatoms. The van der Waals surface area contributed by atoms with Crippen LogP contribution < -0.4 is 0 Å². The number of nitrogens with zero attached hydrogens (tertiary/aromatic N) is 3. The second-order valence-corrected chi connectivity index (χ2v) is 7.97. The van der Waals surface area contributed by atoms with E-state index in [2.05, 4.69) is 27.0 Å². The molecule has 0 aliphatic carbocycles. The Labute approximate surface area is 179 Å². The highest BCUT2D eigenvalue weighted by molar-refractivity contribution is 5.19. The van der Waals surface area contributed by atoms with E-state index in [0.29, 0.717) is 13.1 Å². The Balaban J connectivity index is 1.63. The molecule has 2 aromatic rings. The lowest BCUT2D eigenvalue weighted by atomic mass is 10.1. The number of halogens is 1. The molecule has 30 heavy (non-hydrogen) atoms. The zero-order chi connectivity index (χ0) is 21.2. The van der Waals surface area contributed by atoms with Crippen LogP contribution in [0.3, 0.4) is 0 Å². The molecule has 0 amide bonds. The second kappa shape index (κ2) is 12.0. The van der Waals surface area contributed by atoms with Crippen molar-refractivity contribution in [2.45, 2.75) is 32.0 Å². The third-order valence-electron chi connectivity index (χ3n) is 5.56. The van der Waals surface area contributed by atoms with Crippen LogP contribution in [0.1, 0.15) is 24.1 Å². The second-order valence-electron chi connectivity index (χ2n) is 7.97. The molecule has 0 saturated carbocycles. The number of benzene rings is 1. The van der Waals surface area contributed by atoms with Crippen molar-refractivity contribution >= 4 is 0 Å². The van der Waals surface area contributed by atoms with Gasteiger partial charge in [-0.3, -0.25) is 9.80 Å². The first kappa shape index (κ1) is 22.7. The molecule has 1 atom stereocenters. The van der Waals surface area contributed by atoms with Crippen LogP contribution in [0.4, 0.5) is 4.39 Å². The van der Waals surface area contributed by atoms with Crippen molar-refractivity contribution in [2.24, 2.45) is 0 Å². The van der Waals surface area contributed by atoms with E-state index >= 15 is 0 Å². The zero-order valence-electron chi connectivity index (χ0n) is 17.8. The molecule has 164 valence electrons. The van der Waals surface area contributed by atoms with Gasteiger partial charge in [0.1, 0.15) is 5.82 Å². The van der Waals surface area contributed by atoms with Crippen molar-refractivity contribution in [1.29, 1.82) is 0 Å². The highest BCUT2D eigenvalue weighted by Gasteiger charge is 2.17. The number of hydrogen-bond donors (Lipinski definition) is 1. The lowest BCUT2D eigenvalue weighted by molar-refractivity contribution is 0.0286. The third-order valence-corrected chi connectivity index (χ3v) is 5.56. The first-order valence-electron chi connectivity index (χ1n) is 10.8. The minimum atomic E-state index is -0.376. The highest BCUT2D eigenvalue weighted by atomic mass is 19.1. The minimum Gasteiger partial charge on any atom is -0.392 e. The van der Waals surface area contributed by atoms with Crippen LogP contribution in [0.15, 0.2) is 55.3 Å². The normalized spacial score (nSPS) is 16.1. The maximum Gasteiger partial charge on any atom is 0.123 e. The van der Waals surface area contributed by atoms with Crippen LogP contribution in [-0.4, -0.2) is 71.5 Å². The fraction of sp³-hybridized carbons (Fsp3) is 0.500. The predicted octanol–water partition coefficient (Wildman–Crippen LogP) is 3.14. The lowest BCUT2D eigenvalue weighted by Crippen LogP contribution is -2.43. The summed E-state index contributed by atoms with van der Waals surface area (Å²) in [5, 5.41) is 10.5. The Morgan fingerprint density at radius 3 is 2.83 bits per heavy atom. The number of aliphatic hydroxyl groups excluding tert-OH is 1. The summed E-state index contributed by atoms with van der Waals surface area (Å²) in [5.41, 5.74) is 2.11. The van der Waals surface area contributed by atoms with E-state index in [0.717, 1.165) is 70.0 Å². The number of ether oxygens (including phenoxy) is 1. The van der Waals surface area contributed by atoms with Gasteiger partial charge in [-0.05, 0) is 42.7 Å². The van der Waals surface area contributed by atoms with Crippen LogP contribution in [0.2, 0.25) is 0 Å². The van der Waals surface area contributed by atoms with E-state index in [1.165, 1.54) is 6.07 Å². The molecule has 2 heterocycles. The first-order chi connectivity index (χ1) is 14.6. The Kier molecular flexibility index (Phi) is 9.08. The monoisotopic (exact) mass is 415 g/mol. The molecular weight excluding hydrogens is 381 g/mol. The van der Waals surface area contributed by atoms with Gasteiger partial charge in [-0.1, -0.05) is 18.2 Å². The van der Waals surface area contributed by atoms with Crippen LogP contribution >= 0.6 is 0 Å². The summed E-state index contributed by atoms with van der Waals surface area (Å²) < 4.78 is 21.2. The molecule has 3 rings (SSSR count). The molecule has 0 unspecified atom stereocenters. The van der Waals surface area contributed by atoms with E-state index in [-0.39, 0.29) is 11.9 Å². The molecular formula is C24H34FN3O2. The van der Waals surface area contributed by atoms with Crippen molar-refractivity contribution in [2.75, 3.05) is 45.9 Å². The molecule has 0 radical (unpaired) electrons. The average Bonchev–Trinajstić information content (AvgIpc) is 3.17. The van der Waals surface area contributed by atoms with Crippen LogP contribution in [0, 0.1) is 5.82 Å². The summed E-state index contributed by atoms with van der Waals surface area (Å²) in [6, 6.07) is 10.9. The van der Waals surface area contributed by atoms with E-state index in [1.807, 2.05) is 24.4 Å². The Bertz CT molecular complexity index is 773. The maximum absolute atomic E-state index is 13.6. The highest BCUT2D eigenvalue weighted by Crippen LogP contribution is 2.13. The Hall–Kier alpha value is -1.99. The number of morpholine rings is 1. The van der Waals surface area contributed by atoms with Gasteiger partial charge in [-0.2, -0.15) is 0 Å². The summed E-state index contributed by atoms with van der Waals surface area (Å²) in [7, 11) is 0. The van der Waals surface area contributed by atoms with Gasteiger partial charge in [-0.15, -0.1) is 6.58 Å². The number of aromatic nitrogens is 1. The topological polar surface area (TPSA) is 40.9 Å². The van der Waals surface area contributed by atoms with E-state index in [1.54, 1.807) is 12.1 Å². The van der Waals surface area contributed by atoms with Gasteiger partial charge in [0.05, 0.1) is 19.3 Å². The lowest BCUT2D eigenvalue weighted by Gasteiger charge is -2.31. The maximum atomic E-state index is 13.6. The summed E-state index contributed by atoms with van der Waals surface area (Å²) in [5.74, 6) is -0.210. The summed E-state index contributed by atoms with van der Waals surface area (Å²) in [6.07, 6.45) is 5.05. The van der Waals surface area contributed by atoms with Gasteiger partial charge in [0, 0.05) is 57.7 Å². The molecule has 1 aromatic heterocycles. The fourth-order valence-electron chi connectivity index (χ4n) is 3.85. The standard InChI is InChI=1S/C24H34FN3O2/c1-2-3-9-24(29)20-27(12-11-26-13-15-30-16-14-26)19-23-8-5-10-28(23)18-21-6-4-7-22(25)17-21/h2,4-8,10,17,24,29H,1,3,9,11-16,18-20H2/t24-/m1/s1. The molecule has 1 fully saturated rings. The molecule has 1 saturated heterocycles. The zero-order valence-corrected chi connectivity index (χ0v) is 17.8. The van der Waals surface area contributed by atoms with Crippen molar-refractivity contribution in [1.82, 2.24) is 14.4 Å². The van der Waals surface area contributed by atoms with Crippen LogP contribution in [0.25, 0.3) is 0 Å². The minimum absolute atomic E-state index is 0.210. The van der Waals surface area contributed by atoms with Gasteiger partial charge < -0.3 is 14.4 Å². The van der Waals surface area contributed by atoms with Crippen molar-refractivity contribution in [3.05, 3.63) is 72.3 Å². The molecule has 1 N–H and O–H groups in total. The van der Waals surface area contributed by atoms with E-state index < -0.39 is 0 Å². The SMILES string of the molecule is C=CCC[C@@H](O)CN(CCN1CCOCC1)Cc1cccn1Cc1cccc(F)c1. The van der Waals surface area contributed by atoms with Crippen LogP contribution in [-0.2, 0) is 17.8 Å². The first-order valence-corrected chi connectivity index (χ1v) is 10.8. The number of aliphatic hydroxyl groups is 1. The van der Waals surface area contributed by atoms with Gasteiger partial charge >= 0.3 is 0 Å². The molecule has 5 nitrogen and oxygen atoms in total. The van der Waals surface area contributed by atoms with Gasteiger partial charge in [-0.25, -0.2) is 4.39 Å². The predicted molar refractivity (Wildman–Crippen MR) is 118 cm³/mol. The summed E-state index contributed by atoms with van der Waals surface area (Å²) >= 11 is 0. The van der Waals surface area contributed by atoms with Crippen molar-refractivity contribution in [3.63, 3.8) is 0 Å². The quantitative estimate of drug-likeness (QED) is 0.541. The number of hydrogen-bond acceptors (Lipinski definition) is 4. The fourth-order valence-corrected chi connectivity index (χ4v) is 3.85. The average molecular weight is 416 g/mol. The Morgan fingerprint density at radius 2 is 2.07 bits per heavy atom. The summed E-state index contributed by atoms with van der Waals surface area (Å²) in [4.78, 5) is 4.74. The van der Waals surface area contributed by atoms with E-state index in [4.69, 9.17) is 4.74 Å². The van der Waals surface area contributed by atoms with Gasteiger partial charge in [0.2, 0.25) is 0 Å². The Morgan fingerprint density at radius 1 is 1.23 bits per heavy atom. The van der Waals surface area contributed by atoms with Crippen molar-refractivity contribution < 1.29 is 14.2 Å². The van der Waals surface area contributed by atoms with Crippen molar-refractivity contribution in [3.8, 4) is 0 Å². The molecule has 0 spiro atoms. The smallest absolute Gasteiger partial charge is 0.123 e. The molecule has 1 aromatic carbocycles. The van der Waals surface area contributed by atoms with E-state index in [9.17, 15) is 9.50 Å². The largest absolute Gasteiger partial charge is 0.392 e. The van der Waals surface area contributed by atoms with Crippen LogP contribution in [0.5, 0.6) is 0 Å². The molecule has 1 aliphatic heterocycles.